The van der Waals surface area contributed by atoms with Gasteiger partial charge >= 0.3 is 23.8 Å². The van der Waals surface area contributed by atoms with Crippen molar-refractivity contribution in [1.82, 2.24) is 5.43 Å². The van der Waals surface area contributed by atoms with Crippen LogP contribution >= 0.6 is 27.3 Å². The lowest BCUT2D eigenvalue weighted by Gasteiger charge is -2.12. The SMILES string of the molecule is CCOC(=O)c1c(NC(=O)C(=O)NN=Cc2cc(Br)ccc2OC(=O)c2cccc(C)c2)sc2c1CCCC2. The van der Waals surface area contributed by atoms with Crippen LogP contribution in [0.15, 0.2) is 52.0 Å². The summed E-state index contributed by atoms with van der Waals surface area (Å²) >= 11 is 4.65. The number of carbonyl (C=O) groups is 4. The largest absolute Gasteiger partial charge is 0.462 e. The lowest BCUT2D eigenvalue weighted by Crippen LogP contribution is -2.32. The van der Waals surface area contributed by atoms with E-state index in [9.17, 15) is 19.2 Å². The predicted octanol–water partition coefficient (Wildman–Crippen LogP) is 5.18. The maximum atomic E-state index is 12.6. The zero-order chi connectivity index (χ0) is 27.9. The fourth-order valence-electron chi connectivity index (χ4n) is 4.09. The van der Waals surface area contributed by atoms with Crippen molar-refractivity contribution in [3.05, 3.63) is 79.6 Å². The van der Waals surface area contributed by atoms with Crippen molar-refractivity contribution in [3.8, 4) is 5.75 Å². The summed E-state index contributed by atoms with van der Waals surface area (Å²) in [5, 5.41) is 6.70. The molecule has 0 aliphatic heterocycles. The van der Waals surface area contributed by atoms with E-state index in [4.69, 9.17) is 9.47 Å². The molecule has 1 aliphatic rings. The van der Waals surface area contributed by atoms with E-state index in [1.807, 2.05) is 13.0 Å². The standard InChI is InChI=1S/C28H26BrN3O6S/c1-3-37-28(36)23-20-9-4-5-10-22(20)39-26(23)31-24(33)25(34)32-30-15-18-14-19(29)11-12-21(18)38-27(35)17-8-6-7-16(2)13-17/h6-8,11-15H,3-5,9-10H2,1-2H3,(H,31,33)(H,32,34). The summed E-state index contributed by atoms with van der Waals surface area (Å²) in [5.74, 6) is -2.85. The van der Waals surface area contributed by atoms with E-state index in [1.54, 1.807) is 43.3 Å². The molecule has 1 aliphatic carbocycles. The van der Waals surface area contributed by atoms with Gasteiger partial charge in [0.2, 0.25) is 0 Å². The van der Waals surface area contributed by atoms with Crippen LogP contribution in [-0.2, 0) is 27.2 Å². The molecule has 3 aromatic rings. The number of hydrazone groups is 1. The van der Waals surface area contributed by atoms with Gasteiger partial charge in [-0.1, -0.05) is 33.6 Å². The van der Waals surface area contributed by atoms with Crippen molar-refractivity contribution in [2.24, 2.45) is 5.10 Å². The number of nitrogens with zero attached hydrogens (tertiary/aromatic N) is 1. The Hall–Kier alpha value is -3.83. The second-order valence-corrected chi connectivity index (χ2v) is 10.8. The summed E-state index contributed by atoms with van der Waals surface area (Å²) in [4.78, 5) is 51.3. The van der Waals surface area contributed by atoms with Crippen molar-refractivity contribution < 1.29 is 28.7 Å². The molecule has 1 heterocycles. The highest BCUT2D eigenvalue weighted by Crippen LogP contribution is 2.38. The van der Waals surface area contributed by atoms with Crippen molar-refractivity contribution in [2.45, 2.75) is 39.5 Å². The third-order valence-corrected chi connectivity index (χ3v) is 7.58. The van der Waals surface area contributed by atoms with Crippen LogP contribution in [0.4, 0.5) is 5.00 Å². The van der Waals surface area contributed by atoms with Gasteiger partial charge in [0.1, 0.15) is 10.8 Å². The van der Waals surface area contributed by atoms with Gasteiger partial charge in [-0.15, -0.1) is 11.3 Å². The predicted molar refractivity (Wildman–Crippen MR) is 152 cm³/mol. The molecule has 0 fully saturated rings. The minimum Gasteiger partial charge on any atom is -0.462 e. The molecule has 9 nitrogen and oxygen atoms in total. The molecule has 1 aromatic heterocycles. The van der Waals surface area contributed by atoms with E-state index in [1.165, 1.54) is 17.6 Å². The van der Waals surface area contributed by atoms with Crippen LogP contribution in [0.2, 0.25) is 0 Å². The van der Waals surface area contributed by atoms with Gasteiger partial charge in [0, 0.05) is 14.9 Å². The Morgan fingerprint density at radius 3 is 2.62 bits per heavy atom. The van der Waals surface area contributed by atoms with E-state index < -0.39 is 23.8 Å². The van der Waals surface area contributed by atoms with E-state index in [-0.39, 0.29) is 12.4 Å². The van der Waals surface area contributed by atoms with Crippen molar-refractivity contribution in [1.29, 1.82) is 0 Å². The van der Waals surface area contributed by atoms with E-state index >= 15 is 0 Å². The van der Waals surface area contributed by atoms with E-state index in [0.29, 0.717) is 26.2 Å². The van der Waals surface area contributed by atoms with Crippen LogP contribution in [0, 0.1) is 6.92 Å². The average molecular weight is 613 g/mol. The molecule has 0 saturated carbocycles. The second-order valence-electron chi connectivity index (χ2n) is 8.73. The maximum absolute atomic E-state index is 12.6. The zero-order valence-electron chi connectivity index (χ0n) is 21.3. The van der Waals surface area contributed by atoms with Gasteiger partial charge in [-0.25, -0.2) is 15.0 Å². The Labute approximate surface area is 237 Å². The normalized spacial score (nSPS) is 12.5. The van der Waals surface area contributed by atoms with Crippen LogP contribution in [0.3, 0.4) is 0 Å². The molecular formula is C28H26BrN3O6S. The highest BCUT2D eigenvalue weighted by Gasteiger charge is 2.28. The number of rotatable bonds is 7. The summed E-state index contributed by atoms with van der Waals surface area (Å²) in [6.07, 6.45) is 4.73. The molecule has 0 radical (unpaired) electrons. The number of ether oxygens (including phenoxy) is 2. The summed E-state index contributed by atoms with van der Waals surface area (Å²) in [5.41, 5.74) is 5.07. The van der Waals surface area contributed by atoms with Gasteiger partial charge in [-0.3, -0.25) is 9.59 Å². The van der Waals surface area contributed by atoms with Crippen molar-refractivity contribution >= 4 is 62.2 Å². The number of fused-ring (bicyclic) bond motifs is 1. The first-order valence-electron chi connectivity index (χ1n) is 12.3. The van der Waals surface area contributed by atoms with E-state index in [2.05, 4.69) is 31.8 Å². The van der Waals surface area contributed by atoms with Gasteiger partial charge < -0.3 is 14.8 Å². The van der Waals surface area contributed by atoms with Gasteiger partial charge in [0.15, 0.2) is 0 Å². The maximum Gasteiger partial charge on any atom is 0.343 e. The molecule has 0 spiro atoms. The minimum atomic E-state index is -1.03. The zero-order valence-corrected chi connectivity index (χ0v) is 23.7. The minimum absolute atomic E-state index is 0.198. The first kappa shape index (κ1) is 28.2. The molecule has 4 rings (SSSR count). The van der Waals surface area contributed by atoms with Gasteiger partial charge in [-0.05, 0) is 75.4 Å². The number of hydrogen-bond acceptors (Lipinski definition) is 8. The van der Waals surface area contributed by atoms with Crippen LogP contribution in [0.1, 0.15) is 62.0 Å². The number of carbonyl (C=O) groups excluding carboxylic acids is 4. The molecule has 0 unspecified atom stereocenters. The molecule has 0 atom stereocenters. The Bertz CT molecular complexity index is 1470. The van der Waals surface area contributed by atoms with Crippen LogP contribution < -0.4 is 15.5 Å². The van der Waals surface area contributed by atoms with Crippen molar-refractivity contribution in [2.75, 3.05) is 11.9 Å². The number of halogens is 1. The molecule has 0 saturated heterocycles. The van der Waals surface area contributed by atoms with Gasteiger partial charge in [0.05, 0.1) is 23.9 Å². The Balaban J connectivity index is 1.45. The van der Waals surface area contributed by atoms with Crippen LogP contribution in [-0.4, -0.2) is 36.6 Å². The average Bonchev–Trinajstić information content (AvgIpc) is 3.28. The fraction of sp³-hybridized carbons (Fsp3) is 0.250. The number of thiophene rings is 1. The van der Waals surface area contributed by atoms with Crippen LogP contribution in [0.25, 0.3) is 0 Å². The van der Waals surface area contributed by atoms with E-state index in [0.717, 1.165) is 41.7 Å². The monoisotopic (exact) mass is 611 g/mol. The Morgan fingerprint density at radius 1 is 1.05 bits per heavy atom. The van der Waals surface area contributed by atoms with Gasteiger partial charge in [-0.2, -0.15) is 5.10 Å². The highest BCUT2D eigenvalue weighted by atomic mass is 79.9. The second kappa shape index (κ2) is 12.8. The fourth-order valence-corrected chi connectivity index (χ4v) is 5.74. The third kappa shape index (κ3) is 6.98. The Kier molecular flexibility index (Phi) is 9.26. The smallest absolute Gasteiger partial charge is 0.343 e. The number of amides is 2. The van der Waals surface area contributed by atoms with Crippen molar-refractivity contribution in [3.63, 3.8) is 0 Å². The lowest BCUT2D eigenvalue weighted by atomic mass is 9.95. The topological polar surface area (TPSA) is 123 Å². The number of aryl methyl sites for hydroxylation is 2. The number of hydrogen-bond donors (Lipinski definition) is 2. The Morgan fingerprint density at radius 2 is 1.85 bits per heavy atom. The third-order valence-electron chi connectivity index (χ3n) is 5.88. The molecule has 11 heteroatoms. The molecule has 202 valence electrons. The summed E-state index contributed by atoms with van der Waals surface area (Å²) < 4.78 is 11.4. The molecule has 39 heavy (non-hydrogen) atoms. The molecule has 2 amide bonds. The van der Waals surface area contributed by atoms with Crippen LogP contribution in [0.5, 0.6) is 5.75 Å². The molecular weight excluding hydrogens is 586 g/mol. The first-order valence-corrected chi connectivity index (χ1v) is 13.9. The lowest BCUT2D eigenvalue weighted by molar-refractivity contribution is -0.136. The summed E-state index contributed by atoms with van der Waals surface area (Å²) in [6, 6.07) is 11.9. The number of nitrogens with one attached hydrogen (secondary N) is 2. The number of benzene rings is 2. The highest BCUT2D eigenvalue weighted by molar-refractivity contribution is 9.10. The first-order chi connectivity index (χ1) is 18.8. The number of esters is 2. The molecule has 2 N–H and O–H groups in total. The molecule has 0 bridgehead atoms. The summed E-state index contributed by atoms with van der Waals surface area (Å²) in [7, 11) is 0. The number of anilines is 1. The van der Waals surface area contributed by atoms with Gasteiger partial charge in [0.25, 0.3) is 0 Å². The quantitative estimate of drug-likeness (QED) is 0.125. The summed E-state index contributed by atoms with van der Waals surface area (Å²) in [6.45, 7) is 3.78. The molecule has 2 aromatic carbocycles.